The molecule has 3 heterocycles. The Bertz CT molecular complexity index is 951. The number of aryl methyl sites for hydroxylation is 2. The molecule has 0 spiro atoms. The maximum Gasteiger partial charge on any atom is 0.0732 e. The van der Waals surface area contributed by atoms with Crippen LogP contribution in [0.4, 0.5) is 0 Å². The maximum absolute atomic E-state index is 5.98. The standard InChI is InChI=1S/C25H34N4O/c1-29-12-4-8-23(29)18-30-17-20-13-19(14-27-15-20)5-2-6-21-7-3-9-24-22(10-11-26)16-28-25(21)24/h3,7,9,13-16,23,28H,2,4-6,8,10-12,17-18,26H2,1H3. The van der Waals surface area contributed by atoms with Gasteiger partial charge in [-0.25, -0.2) is 0 Å². The fourth-order valence-corrected chi connectivity index (χ4v) is 4.59. The lowest BCUT2D eigenvalue weighted by molar-refractivity contribution is 0.0747. The molecule has 0 saturated carbocycles. The van der Waals surface area contributed by atoms with Gasteiger partial charge in [0.25, 0.3) is 0 Å². The van der Waals surface area contributed by atoms with Crippen molar-refractivity contribution in [1.29, 1.82) is 0 Å². The van der Waals surface area contributed by atoms with Crippen molar-refractivity contribution in [3.8, 4) is 0 Å². The molecule has 2 aromatic heterocycles. The number of nitrogens with zero attached hydrogens (tertiary/aromatic N) is 2. The Kier molecular flexibility index (Phi) is 7.16. The van der Waals surface area contributed by atoms with Gasteiger partial charge >= 0.3 is 0 Å². The monoisotopic (exact) mass is 406 g/mol. The molecule has 0 bridgehead atoms. The first-order valence-corrected chi connectivity index (χ1v) is 11.2. The number of para-hydroxylation sites is 1. The molecule has 1 fully saturated rings. The molecule has 0 amide bonds. The molecule has 3 aromatic rings. The third-order valence-electron chi connectivity index (χ3n) is 6.31. The molecule has 5 nitrogen and oxygen atoms in total. The second kappa shape index (κ2) is 10.2. The average molecular weight is 407 g/mol. The molecule has 1 aromatic carbocycles. The summed E-state index contributed by atoms with van der Waals surface area (Å²) < 4.78 is 5.98. The summed E-state index contributed by atoms with van der Waals surface area (Å²) >= 11 is 0. The van der Waals surface area contributed by atoms with Crippen LogP contribution in [0.15, 0.2) is 42.9 Å². The number of fused-ring (bicyclic) bond motifs is 1. The largest absolute Gasteiger partial charge is 0.375 e. The highest BCUT2D eigenvalue weighted by Gasteiger charge is 2.20. The fourth-order valence-electron chi connectivity index (χ4n) is 4.59. The Morgan fingerprint density at radius 3 is 2.90 bits per heavy atom. The molecule has 3 N–H and O–H groups in total. The van der Waals surface area contributed by atoms with Crippen LogP contribution < -0.4 is 5.73 Å². The molecule has 1 aliphatic heterocycles. The number of hydrogen-bond donors (Lipinski definition) is 2. The zero-order valence-electron chi connectivity index (χ0n) is 18.1. The summed E-state index contributed by atoms with van der Waals surface area (Å²) in [5.41, 5.74) is 12.2. The van der Waals surface area contributed by atoms with Crippen molar-refractivity contribution in [2.75, 3.05) is 26.7 Å². The summed E-state index contributed by atoms with van der Waals surface area (Å²) in [6, 6.07) is 9.40. The quantitative estimate of drug-likeness (QED) is 0.537. The Labute approximate surface area is 179 Å². The van der Waals surface area contributed by atoms with Crippen molar-refractivity contribution in [3.05, 3.63) is 65.1 Å². The SMILES string of the molecule is CN1CCCC1COCc1cncc(CCCc2cccc3c(CCN)c[nH]c23)c1. The van der Waals surface area contributed by atoms with Gasteiger partial charge in [-0.2, -0.15) is 0 Å². The molecule has 1 aliphatic rings. The molecule has 30 heavy (non-hydrogen) atoms. The highest BCUT2D eigenvalue weighted by molar-refractivity contribution is 5.86. The van der Waals surface area contributed by atoms with Crippen molar-refractivity contribution < 1.29 is 4.74 Å². The highest BCUT2D eigenvalue weighted by Crippen LogP contribution is 2.23. The number of H-pyrrole nitrogens is 1. The van der Waals surface area contributed by atoms with Crippen LogP contribution in [0.1, 0.15) is 41.5 Å². The number of ether oxygens (including phenoxy) is 1. The van der Waals surface area contributed by atoms with Crippen molar-refractivity contribution in [1.82, 2.24) is 14.9 Å². The molecule has 1 atom stereocenters. The Hall–Kier alpha value is -2.21. The van der Waals surface area contributed by atoms with Crippen LogP contribution >= 0.6 is 0 Å². The second-order valence-corrected chi connectivity index (χ2v) is 8.54. The number of pyridine rings is 1. The number of aromatic amines is 1. The zero-order valence-corrected chi connectivity index (χ0v) is 18.1. The van der Waals surface area contributed by atoms with Crippen LogP contribution in [0.2, 0.25) is 0 Å². The van der Waals surface area contributed by atoms with E-state index < -0.39 is 0 Å². The first kappa shape index (κ1) is 21.0. The molecule has 5 heteroatoms. The fraction of sp³-hybridized carbons (Fsp3) is 0.480. The minimum absolute atomic E-state index is 0.571. The van der Waals surface area contributed by atoms with Gasteiger partial charge in [0.15, 0.2) is 0 Å². The van der Waals surface area contributed by atoms with E-state index in [4.69, 9.17) is 10.5 Å². The van der Waals surface area contributed by atoms with E-state index in [0.717, 1.165) is 32.3 Å². The van der Waals surface area contributed by atoms with E-state index in [9.17, 15) is 0 Å². The second-order valence-electron chi connectivity index (χ2n) is 8.54. The van der Waals surface area contributed by atoms with E-state index in [1.165, 1.54) is 52.5 Å². The number of rotatable bonds is 10. The summed E-state index contributed by atoms with van der Waals surface area (Å²) in [6.07, 6.45) is 12.7. The van der Waals surface area contributed by atoms with Gasteiger partial charge in [-0.1, -0.05) is 24.3 Å². The van der Waals surface area contributed by atoms with Crippen LogP contribution in [-0.4, -0.2) is 47.7 Å². The number of benzene rings is 1. The molecular weight excluding hydrogens is 372 g/mol. The summed E-state index contributed by atoms with van der Waals surface area (Å²) in [4.78, 5) is 10.3. The molecule has 160 valence electrons. The van der Waals surface area contributed by atoms with Crippen molar-refractivity contribution in [2.24, 2.45) is 5.73 Å². The number of likely N-dealkylation sites (tertiary alicyclic amines) is 1. The first-order chi connectivity index (χ1) is 14.7. The first-order valence-electron chi connectivity index (χ1n) is 11.2. The van der Waals surface area contributed by atoms with Crippen molar-refractivity contribution >= 4 is 10.9 Å². The number of aromatic nitrogens is 2. The van der Waals surface area contributed by atoms with Gasteiger partial charge in [-0.15, -0.1) is 0 Å². The topological polar surface area (TPSA) is 67.2 Å². The van der Waals surface area contributed by atoms with E-state index in [1.807, 2.05) is 12.4 Å². The lowest BCUT2D eigenvalue weighted by Gasteiger charge is -2.19. The smallest absolute Gasteiger partial charge is 0.0732 e. The van der Waals surface area contributed by atoms with Gasteiger partial charge in [0, 0.05) is 35.5 Å². The molecule has 1 saturated heterocycles. The minimum Gasteiger partial charge on any atom is -0.375 e. The zero-order chi connectivity index (χ0) is 20.8. The van der Waals surface area contributed by atoms with Crippen LogP contribution in [-0.2, 0) is 30.6 Å². The maximum atomic E-state index is 5.98. The molecule has 1 unspecified atom stereocenters. The molecular formula is C25H34N4O. The summed E-state index contributed by atoms with van der Waals surface area (Å²) in [5, 5.41) is 1.31. The summed E-state index contributed by atoms with van der Waals surface area (Å²) in [5.74, 6) is 0. The van der Waals surface area contributed by atoms with Crippen LogP contribution in [0.25, 0.3) is 10.9 Å². The van der Waals surface area contributed by atoms with E-state index in [-0.39, 0.29) is 0 Å². The molecule has 4 rings (SSSR count). The van der Waals surface area contributed by atoms with Gasteiger partial charge in [0.2, 0.25) is 0 Å². The lowest BCUT2D eigenvalue weighted by atomic mass is 10.0. The number of nitrogens with one attached hydrogen (secondary N) is 1. The Balaban J connectivity index is 1.29. The molecule has 0 radical (unpaired) electrons. The number of likely N-dealkylation sites (N-methyl/N-ethyl adjacent to an activating group) is 1. The lowest BCUT2D eigenvalue weighted by Crippen LogP contribution is -2.29. The summed E-state index contributed by atoms with van der Waals surface area (Å²) in [7, 11) is 2.19. The predicted molar refractivity (Wildman–Crippen MR) is 123 cm³/mol. The van der Waals surface area contributed by atoms with Crippen LogP contribution in [0.3, 0.4) is 0 Å². The number of hydrogen-bond acceptors (Lipinski definition) is 4. The third-order valence-corrected chi connectivity index (χ3v) is 6.31. The van der Waals surface area contributed by atoms with E-state index in [0.29, 0.717) is 19.2 Å². The van der Waals surface area contributed by atoms with Gasteiger partial charge in [-0.3, -0.25) is 4.98 Å². The van der Waals surface area contributed by atoms with Crippen LogP contribution in [0, 0.1) is 0 Å². The van der Waals surface area contributed by atoms with Gasteiger partial charge in [-0.05, 0) is 80.9 Å². The van der Waals surface area contributed by atoms with E-state index in [2.05, 4.69) is 52.4 Å². The van der Waals surface area contributed by atoms with Crippen molar-refractivity contribution in [2.45, 2.75) is 51.2 Å². The van der Waals surface area contributed by atoms with Gasteiger partial charge in [0.1, 0.15) is 0 Å². The van der Waals surface area contributed by atoms with Crippen molar-refractivity contribution in [3.63, 3.8) is 0 Å². The van der Waals surface area contributed by atoms with E-state index >= 15 is 0 Å². The number of nitrogens with two attached hydrogens (primary N) is 1. The summed E-state index contributed by atoms with van der Waals surface area (Å²) in [6.45, 7) is 3.33. The normalized spacial score (nSPS) is 17.2. The average Bonchev–Trinajstić information content (AvgIpc) is 3.36. The Morgan fingerprint density at radius 1 is 1.17 bits per heavy atom. The third kappa shape index (κ3) is 5.09. The minimum atomic E-state index is 0.571. The predicted octanol–water partition coefficient (Wildman–Crippen LogP) is 3.85. The molecule has 0 aliphatic carbocycles. The van der Waals surface area contributed by atoms with Crippen LogP contribution in [0.5, 0.6) is 0 Å². The van der Waals surface area contributed by atoms with Gasteiger partial charge < -0.3 is 20.4 Å². The van der Waals surface area contributed by atoms with E-state index in [1.54, 1.807) is 0 Å². The van der Waals surface area contributed by atoms with Gasteiger partial charge in [0.05, 0.1) is 13.2 Å². The Morgan fingerprint density at radius 2 is 2.07 bits per heavy atom. The highest BCUT2D eigenvalue weighted by atomic mass is 16.5.